The summed E-state index contributed by atoms with van der Waals surface area (Å²) in [5.74, 6) is -5.20. The number of allylic oxidation sites excluding steroid dienone is 1. The fourth-order valence-corrected chi connectivity index (χ4v) is 1.74. The zero-order valence-corrected chi connectivity index (χ0v) is 11.1. The molecule has 1 aliphatic heterocycles. The molecule has 1 amide bonds. The quantitative estimate of drug-likeness (QED) is 0.480. The van der Waals surface area contributed by atoms with Crippen LogP contribution in [-0.2, 0) is 9.53 Å². The lowest BCUT2D eigenvalue weighted by atomic mass is 10.1. The van der Waals surface area contributed by atoms with Crippen molar-refractivity contribution in [3.63, 3.8) is 0 Å². The lowest BCUT2D eigenvalue weighted by Gasteiger charge is -2.14. The molecule has 9 heteroatoms. The van der Waals surface area contributed by atoms with Crippen molar-refractivity contribution in [3.8, 4) is 0 Å². The number of ether oxygens (including phenoxy) is 1. The van der Waals surface area contributed by atoms with E-state index in [1.54, 1.807) is 0 Å². The average molecular weight is 310 g/mol. The van der Waals surface area contributed by atoms with Crippen molar-refractivity contribution < 1.29 is 28.0 Å². The maximum atomic E-state index is 13.1. The molecule has 7 nitrogen and oxygen atoms in total. The molecule has 1 atom stereocenters. The number of benzene rings is 1. The van der Waals surface area contributed by atoms with E-state index in [1.807, 2.05) is 0 Å². The lowest BCUT2D eigenvalue weighted by Crippen LogP contribution is -2.35. The first-order chi connectivity index (χ1) is 10.3. The largest absolute Gasteiger partial charge is 0.419 e. The minimum absolute atomic E-state index is 0.121. The van der Waals surface area contributed by atoms with E-state index in [9.17, 15) is 28.5 Å². The highest BCUT2D eigenvalue weighted by atomic mass is 19.2. The molecule has 22 heavy (non-hydrogen) atoms. The number of hydrogen-bond acceptors (Lipinski definition) is 5. The number of dihydropyridines is 1. The van der Waals surface area contributed by atoms with Gasteiger partial charge >= 0.3 is 17.9 Å². The van der Waals surface area contributed by atoms with Gasteiger partial charge in [0.25, 0.3) is 0 Å². The van der Waals surface area contributed by atoms with Crippen LogP contribution in [0.15, 0.2) is 35.0 Å². The number of esters is 1. The van der Waals surface area contributed by atoms with Crippen molar-refractivity contribution >= 4 is 17.6 Å². The molecule has 0 aliphatic carbocycles. The summed E-state index contributed by atoms with van der Waals surface area (Å²) in [5, 5.41) is 10.9. The number of hydrogen-bond donors (Lipinski definition) is 0. The molecule has 0 spiro atoms. The number of amides is 1. The van der Waals surface area contributed by atoms with Crippen LogP contribution >= 0.6 is 0 Å². The monoisotopic (exact) mass is 310 g/mol. The van der Waals surface area contributed by atoms with Crippen molar-refractivity contribution in [2.45, 2.75) is 13.0 Å². The Labute approximate surface area is 122 Å². The number of halogens is 2. The van der Waals surface area contributed by atoms with E-state index in [0.717, 1.165) is 12.1 Å². The molecule has 0 N–H and O–H groups in total. The van der Waals surface area contributed by atoms with E-state index >= 15 is 0 Å². The summed E-state index contributed by atoms with van der Waals surface area (Å²) in [6.45, 7) is 1.39. The number of nitrogens with zero attached hydrogens (tertiary/aromatic N) is 2. The van der Waals surface area contributed by atoms with Crippen LogP contribution in [0.5, 0.6) is 0 Å². The van der Waals surface area contributed by atoms with Crippen LogP contribution in [0.2, 0.25) is 0 Å². The molecule has 1 aromatic carbocycles. The molecule has 0 saturated carbocycles. The van der Waals surface area contributed by atoms with Gasteiger partial charge in [-0.25, -0.2) is 18.6 Å². The molecule has 1 heterocycles. The molecular formula is C13H8F2N2O5. The van der Waals surface area contributed by atoms with Gasteiger partial charge in [0.2, 0.25) is 0 Å². The minimum Gasteiger partial charge on any atom is -0.419 e. The SMILES string of the molecule is CC1=NC(=O)C([N+](=O)[O-])C(OC(=O)c2ccc(F)c(F)c2)=C1. The highest BCUT2D eigenvalue weighted by molar-refractivity contribution is 6.06. The Bertz CT molecular complexity index is 742. The zero-order valence-electron chi connectivity index (χ0n) is 11.1. The highest BCUT2D eigenvalue weighted by Crippen LogP contribution is 2.18. The Kier molecular flexibility index (Phi) is 4.06. The van der Waals surface area contributed by atoms with Crippen molar-refractivity contribution in [1.82, 2.24) is 0 Å². The number of rotatable bonds is 3. The van der Waals surface area contributed by atoms with Crippen LogP contribution in [0.1, 0.15) is 17.3 Å². The van der Waals surface area contributed by atoms with Gasteiger partial charge in [-0.1, -0.05) is 0 Å². The third-order valence-corrected chi connectivity index (χ3v) is 2.72. The van der Waals surface area contributed by atoms with Crippen molar-refractivity contribution in [2.24, 2.45) is 4.99 Å². The molecule has 1 unspecified atom stereocenters. The second-order valence-electron chi connectivity index (χ2n) is 4.34. The van der Waals surface area contributed by atoms with Crippen LogP contribution < -0.4 is 0 Å². The number of carbonyl (C=O) groups excluding carboxylic acids is 2. The van der Waals surface area contributed by atoms with Crippen LogP contribution in [0.25, 0.3) is 0 Å². The smallest absolute Gasteiger partial charge is 0.348 e. The van der Waals surface area contributed by atoms with Crippen LogP contribution in [-0.4, -0.2) is 28.6 Å². The van der Waals surface area contributed by atoms with E-state index < -0.39 is 40.2 Å². The van der Waals surface area contributed by atoms with Crippen molar-refractivity contribution in [2.75, 3.05) is 0 Å². The summed E-state index contributed by atoms with van der Waals surface area (Å²) >= 11 is 0. The summed E-state index contributed by atoms with van der Waals surface area (Å²) in [7, 11) is 0. The summed E-state index contributed by atoms with van der Waals surface area (Å²) in [6.07, 6.45) is 1.06. The number of carbonyl (C=O) groups is 2. The summed E-state index contributed by atoms with van der Waals surface area (Å²) in [4.78, 5) is 36.7. The Morgan fingerprint density at radius 2 is 2.05 bits per heavy atom. The summed E-state index contributed by atoms with van der Waals surface area (Å²) in [5.41, 5.74) is -0.231. The Morgan fingerprint density at radius 1 is 1.36 bits per heavy atom. The number of aliphatic imine (C=N–C) groups is 1. The molecule has 2 rings (SSSR count). The molecule has 0 bridgehead atoms. The van der Waals surface area contributed by atoms with Crippen molar-refractivity contribution in [3.05, 3.63) is 57.3 Å². The van der Waals surface area contributed by atoms with Gasteiger partial charge < -0.3 is 4.74 Å². The maximum Gasteiger partial charge on any atom is 0.348 e. The maximum absolute atomic E-state index is 13.1. The number of nitro groups is 1. The molecule has 0 fully saturated rings. The van der Waals surface area contributed by atoms with Gasteiger partial charge in [0.15, 0.2) is 17.4 Å². The molecule has 1 aliphatic rings. The third kappa shape index (κ3) is 3.03. The fourth-order valence-electron chi connectivity index (χ4n) is 1.74. The summed E-state index contributed by atoms with van der Waals surface area (Å²) < 4.78 is 30.6. The van der Waals surface area contributed by atoms with Crippen molar-refractivity contribution in [1.29, 1.82) is 0 Å². The standard InChI is InChI=1S/C13H8F2N2O5/c1-6-4-10(11(17(20)21)12(18)16-6)22-13(19)7-2-3-8(14)9(15)5-7/h2-5,11H,1H3. The zero-order chi connectivity index (χ0) is 16.4. The van der Waals surface area contributed by atoms with E-state index in [0.29, 0.717) is 12.1 Å². The first-order valence-electron chi connectivity index (χ1n) is 5.91. The van der Waals surface area contributed by atoms with Gasteiger partial charge in [0.05, 0.1) is 5.56 Å². The normalized spacial score (nSPS) is 17.6. The van der Waals surface area contributed by atoms with E-state index in [-0.39, 0.29) is 11.3 Å². The second kappa shape index (κ2) is 5.80. The molecule has 0 saturated heterocycles. The first-order valence-corrected chi connectivity index (χ1v) is 5.91. The Morgan fingerprint density at radius 3 is 2.64 bits per heavy atom. The van der Waals surface area contributed by atoms with E-state index in [4.69, 9.17) is 4.74 Å². The van der Waals surface area contributed by atoms with E-state index in [1.165, 1.54) is 6.92 Å². The first kappa shape index (κ1) is 15.4. The summed E-state index contributed by atoms with van der Waals surface area (Å²) in [6, 6.07) is 0.307. The van der Waals surface area contributed by atoms with Crippen LogP contribution in [0.3, 0.4) is 0 Å². The molecule has 0 aromatic heterocycles. The minimum atomic E-state index is -1.95. The topological polar surface area (TPSA) is 98.9 Å². The van der Waals surface area contributed by atoms with Gasteiger partial charge in [-0.3, -0.25) is 14.9 Å². The lowest BCUT2D eigenvalue weighted by molar-refractivity contribution is -0.501. The van der Waals surface area contributed by atoms with Crippen LogP contribution in [0, 0.1) is 21.7 Å². The molecule has 1 aromatic rings. The van der Waals surface area contributed by atoms with Gasteiger partial charge in [-0.15, -0.1) is 0 Å². The third-order valence-electron chi connectivity index (χ3n) is 2.72. The second-order valence-corrected chi connectivity index (χ2v) is 4.34. The van der Waals surface area contributed by atoms with Gasteiger partial charge in [-0.05, 0) is 25.1 Å². The Hall–Kier alpha value is -2.97. The molecular weight excluding hydrogens is 302 g/mol. The van der Waals surface area contributed by atoms with E-state index in [2.05, 4.69) is 4.99 Å². The Balaban J connectivity index is 2.29. The van der Waals surface area contributed by atoms with Gasteiger partial charge in [0.1, 0.15) is 0 Å². The predicted molar refractivity (Wildman–Crippen MR) is 68.8 cm³/mol. The molecule has 114 valence electrons. The average Bonchev–Trinajstić information content (AvgIpc) is 2.40. The van der Waals surface area contributed by atoms with Gasteiger partial charge in [0, 0.05) is 16.7 Å². The van der Waals surface area contributed by atoms with Gasteiger partial charge in [-0.2, -0.15) is 0 Å². The molecule has 0 radical (unpaired) electrons. The fraction of sp³-hybridized carbons (Fsp3) is 0.154. The predicted octanol–water partition coefficient (Wildman–Crippen LogP) is 1.65. The highest BCUT2D eigenvalue weighted by Gasteiger charge is 2.39. The van der Waals surface area contributed by atoms with Crippen LogP contribution in [0.4, 0.5) is 8.78 Å².